The number of fused-ring (bicyclic) bond motifs is 1. The summed E-state index contributed by atoms with van der Waals surface area (Å²) in [5, 5.41) is 1.02. The molecular weight excluding hydrogens is 308 g/mol. The first-order chi connectivity index (χ1) is 8.63. The van der Waals surface area contributed by atoms with Crippen LogP contribution in [-0.2, 0) is 0 Å². The molecule has 0 radical (unpaired) electrons. The molecule has 0 unspecified atom stereocenters. The lowest BCUT2D eigenvalue weighted by molar-refractivity contribution is 1.41. The first-order valence-corrected chi connectivity index (χ1v) is 7.17. The van der Waals surface area contributed by atoms with Crippen LogP contribution in [0.15, 0.2) is 40.9 Å². The van der Waals surface area contributed by atoms with Crippen LogP contribution in [0.25, 0.3) is 20.8 Å². The molecule has 3 rings (SSSR count). The number of nitrogens with zero attached hydrogens (tertiary/aromatic N) is 1. The molecule has 0 aliphatic heterocycles. The zero-order chi connectivity index (χ0) is 12.7. The van der Waals surface area contributed by atoms with Gasteiger partial charge < -0.3 is 5.73 Å². The fraction of sp³-hybridized carbons (Fsp3) is 0.0714. The number of benzene rings is 2. The second-order valence-corrected chi connectivity index (χ2v) is 6.15. The van der Waals surface area contributed by atoms with Crippen molar-refractivity contribution in [3.63, 3.8) is 0 Å². The van der Waals surface area contributed by atoms with Gasteiger partial charge in [-0.1, -0.05) is 22.0 Å². The summed E-state index contributed by atoms with van der Waals surface area (Å²) >= 11 is 5.16. The standard InChI is InChI=1S/C14H11BrN2S/c1-8-2-4-10(16)7-11(8)14-17-12-6-9(15)3-5-13(12)18-14/h2-7H,16H2,1H3. The van der Waals surface area contributed by atoms with E-state index in [4.69, 9.17) is 5.73 Å². The number of thiazole rings is 1. The molecule has 1 heterocycles. The fourth-order valence-electron chi connectivity index (χ4n) is 1.89. The number of hydrogen-bond donors (Lipinski definition) is 1. The minimum atomic E-state index is 0.774. The highest BCUT2D eigenvalue weighted by Crippen LogP contribution is 2.33. The van der Waals surface area contributed by atoms with E-state index < -0.39 is 0 Å². The molecule has 1 aromatic heterocycles. The highest BCUT2D eigenvalue weighted by molar-refractivity contribution is 9.10. The average Bonchev–Trinajstić information content (AvgIpc) is 2.74. The molecule has 0 atom stereocenters. The van der Waals surface area contributed by atoms with Crippen LogP contribution in [0.4, 0.5) is 5.69 Å². The molecule has 4 heteroatoms. The molecule has 2 N–H and O–H groups in total. The molecule has 0 saturated carbocycles. The van der Waals surface area contributed by atoms with E-state index in [9.17, 15) is 0 Å². The molecule has 0 saturated heterocycles. The van der Waals surface area contributed by atoms with Gasteiger partial charge in [-0.25, -0.2) is 4.98 Å². The Morgan fingerprint density at radius 1 is 1.17 bits per heavy atom. The summed E-state index contributed by atoms with van der Waals surface area (Å²) in [7, 11) is 0. The van der Waals surface area contributed by atoms with E-state index in [0.29, 0.717) is 0 Å². The first-order valence-electron chi connectivity index (χ1n) is 5.56. The van der Waals surface area contributed by atoms with E-state index >= 15 is 0 Å². The van der Waals surface area contributed by atoms with Crippen molar-refractivity contribution in [3.8, 4) is 10.6 Å². The minimum absolute atomic E-state index is 0.774. The first kappa shape index (κ1) is 11.7. The molecule has 90 valence electrons. The average molecular weight is 319 g/mol. The quantitative estimate of drug-likeness (QED) is 0.665. The van der Waals surface area contributed by atoms with Crippen molar-refractivity contribution in [1.82, 2.24) is 4.98 Å². The number of hydrogen-bond acceptors (Lipinski definition) is 3. The van der Waals surface area contributed by atoms with Crippen molar-refractivity contribution in [2.24, 2.45) is 0 Å². The predicted octanol–water partition coefficient (Wildman–Crippen LogP) is 4.62. The molecule has 3 aromatic rings. The van der Waals surface area contributed by atoms with E-state index in [1.54, 1.807) is 11.3 Å². The van der Waals surface area contributed by atoms with Crippen LogP contribution in [0.5, 0.6) is 0 Å². The Labute approximate surface area is 118 Å². The van der Waals surface area contributed by atoms with Gasteiger partial charge in [0.1, 0.15) is 5.01 Å². The lowest BCUT2D eigenvalue weighted by Gasteiger charge is -2.02. The van der Waals surface area contributed by atoms with Gasteiger partial charge in [-0.15, -0.1) is 11.3 Å². The van der Waals surface area contributed by atoms with E-state index in [-0.39, 0.29) is 0 Å². The van der Waals surface area contributed by atoms with E-state index in [1.807, 2.05) is 30.3 Å². The Balaban J connectivity index is 2.22. The molecular formula is C14H11BrN2S. The van der Waals surface area contributed by atoms with E-state index in [2.05, 4.69) is 33.9 Å². The molecule has 0 aliphatic carbocycles. The maximum absolute atomic E-state index is 5.85. The Bertz CT molecular complexity index is 734. The number of halogens is 1. The van der Waals surface area contributed by atoms with Crippen LogP contribution < -0.4 is 5.73 Å². The second-order valence-electron chi connectivity index (χ2n) is 4.21. The number of rotatable bonds is 1. The summed E-state index contributed by atoms with van der Waals surface area (Å²) in [6, 6.07) is 12.1. The highest BCUT2D eigenvalue weighted by Gasteiger charge is 2.09. The third-order valence-electron chi connectivity index (χ3n) is 2.84. The minimum Gasteiger partial charge on any atom is -0.399 e. The van der Waals surface area contributed by atoms with Gasteiger partial charge in [0.2, 0.25) is 0 Å². The number of anilines is 1. The highest BCUT2D eigenvalue weighted by atomic mass is 79.9. The lowest BCUT2D eigenvalue weighted by Crippen LogP contribution is -1.88. The maximum atomic E-state index is 5.85. The normalized spacial score (nSPS) is 11.0. The largest absolute Gasteiger partial charge is 0.399 e. The SMILES string of the molecule is Cc1ccc(N)cc1-c1nc2cc(Br)ccc2s1. The molecule has 0 fully saturated rings. The number of aryl methyl sites for hydroxylation is 1. The number of aromatic nitrogens is 1. The summed E-state index contributed by atoms with van der Waals surface area (Å²) in [6.45, 7) is 2.08. The van der Waals surface area contributed by atoms with Gasteiger partial charge in [-0.3, -0.25) is 0 Å². The molecule has 18 heavy (non-hydrogen) atoms. The molecule has 2 nitrogen and oxygen atoms in total. The Hall–Kier alpha value is -1.39. The maximum Gasteiger partial charge on any atom is 0.124 e. The third kappa shape index (κ3) is 2.02. The summed E-state index contributed by atoms with van der Waals surface area (Å²) in [4.78, 5) is 4.68. The van der Waals surface area contributed by atoms with Gasteiger partial charge in [0, 0.05) is 15.7 Å². The van der Waals surface area contributed by atoms with Gasteiger partial charge in [0.05, 0.1) is 10.2 Å². The van der Waals surface area contributed by atoms with E-state index in [1.165, 1.54) is 10.3 Å². The third-order valence-corrected chi connectivity index (χ3v) is 4.40. The van der Waals surface area contributed by atoms with E-state index in [0.717, 1.165) is 26.2 Å². The van der Waals surface area contributed by atoms with Gasteiger partial charge in [-0.2, -0.15) is 0 Å². The zero-order valence-electron chi connectivity index (χ0n) is 9.77. The summed E-state index contributed by atoms with van der Waals surface area (Å²) in [5.41, 5.74) is 9.96. The van der Waals surface area contributed by atoms with Gasteiger partial charge in [0.15, 0.2) is 0 Å². The Morgan fingerprint density at radius 2 is 2.00 bits per heavy atom. The monoisotopic (exact) mass is 318 g/mol. The molecule has 0 aliphatic rings. The zero-order valence-corrected chi connectivity index (χ0v) is 12.2. The molecule has 0 bridgehead atoms. The van der Waals surface area contributed by atoms with Crippen molar-refractivity contribution in [3.05, 3.63) is 46.4 Å². The number of nitrogen functional groups attached to an aromatic ring is 1. The van der Waals surface area contributed by atoms with Crippen molar-refractivity contribution < 1.29 is 0 Å². The van der Waals surface area contributed by atoms with Crippen LogP contribution in [0, 0.1) is 6.92 Å². The molecule has 0 spiro atoms. The van der Waals surface area contributed by atoms with Crippen molar-refractivity contribution in [2.75, 3.05) is 5.73 Å². The topological polar surface area (TPSA) is 38.9 Å². The Kier molecular flexibility index (Phi) is 2.84. The van der Waals surface area contributed by atoms with Crippen LogP contribution >= 0.6 is 27.3 Å². The van der Waals surface area contributed by atoms with Crippen LogP contribution in [0.1, 0.15) is 5.56 Å². The van der Waals surface area contributed by atoms with Crippen LogP contribution in [0.2, 0.25) is 0 Å². The molecule has 2 aromatic carbocycles. The lowest BCUT2D eigenvalue weighted by atomic mass is 10.1. The van der Waals surface area contributed by atoms with Gasteiger partial charge in [0.25, 0.3) is 0 Å². The fourth-order valence-corrected chi connectivity index (χ4v) is 3.26. The molecule has 0 amide bonds. The van der Waals surface area contributed by atoms with Gasteiger partial charge in [-0.05, 0) is 42.8 Å². The van der Waals surface area contributed by atoms with Crippen LogP contribution in [0.3, 0.4) is 0 Å². The van der Waals surface area contributed by atoms with Crippen LogP contribution in [-0.4, -0.2) is 4.98 Å². The van der Waals surface area contributed by atoms with Crippen molar-refractivity contribution >= 4 is 43.2 Å². The van der Waals surface area contributed by atoms with Gasteiger partial charge >= 0.3 is 0 Å². The van der Waals surface area contributed by atoms with Crippen molar-refractivity contribution in [1.29, 1.82) is 0 Å². The smallest absolute Gasteiger partial charge is 0.124 e. The summed E-state index contributed by atoms with van der Waals surface area (Å²) < 4.78 is 2.24. The second kappa shape index (κ2) is 4.37. The van der Waals surface area contributed by atoms with Crippen molar-refractivity contribution in [2.45, 2.75) is 6.92 Å². The predicted molar refractivity (Wildman–Crippen MR) is 81.9 cm³/mol. The summed E-state index contributed by atoms with van der Waals surface area (Å²) in [5.74, 6) is 0. The summed E-state index contributed by atoms with van der Waals surface area (Å²) in [6.07, 6.45) is 0. The Morgan fingerprint density at radius 3 is 2.83 bits per heavy atom. The number of nitrogens with two attached hydrogens (primary N) is 1.